The predicted octanol–water partition coefficient (Wildman–Crippen LogP) is 4.04. The number of aromatic nitrogens is 2. The molecule has 0 spiro atoms. The highest BCUT2D eigenvalue weighted by Crippen LogP contribution is 2.23. The van der Waals surface area contributed by atoms with Gasteiger partial charge < -0.3 is 5.32 Å². The molecule has 1 amide bonds. The minimum Gasteiger partial charge on any atom is -0.349 e. The third-order valence-corrected chi connectivity index (χ3v) is 5.55. The summed E-state index contributed by atoms with van der Waals surface area (Å²) in [4.78, 5) is 29.5. The van der Waals surface area contributed by atoms with Gasteiger partial charge in [0.1, 0.15) is 0 Å². The van der Waals surface area contributed by atoms with Crippen molar-refractivity contribution in [3.05, 3.63) is 69.5 Å². The number of benzene rings is 2. The minimum absolute atomic E-state index is 0.0876. The van der Waals surface area contributed by atoms with Crippen LogP contribution in [0.4, 0.5) is 0 Å². The van der Waals surface area contributed by atoms with Crippen molar-refractivity contribution in [2.75, 3.05) is 5.75 Å². The van der Waals surface area contributed by atoms with E-state index in [1.54, 1.807) is 22.8 Å². The first-order chi connectivity index (χ1) is 13.0. The van der Waals surface area contributed by atoms with Crippen molar-refractivity contribution >= 4 is 40.2 Å². The first-order valence-corrected chi connectivity index (χ1v) is 10.0. The van der Waals surface area contributed by atoms with Crippen LogP contribution >= 0.6 is 23.4 Å². The molecule has 0 fully saturated rings. The Hall–Kier alpha value is -2.31. The summed E-state index contributed by atoms with van der Waals surface area (Å²) in [6.07, 6.45) is 0. The molecule has 0 saturated heterocycles. The van der Waals surface area contributed by atoms with Crippen LogP contribution in [-0.4, -0.2) is 21.2 Å². The number of nitrogens with zero attached hydrogens (tertiary/aromatic N) is 2. The molecule has 2 aromatic carbocycles. The van der Waals surface area contributed by atoms with Gasteiger partial charge in [0.2, 0.25) is 5.91 Å². The minimum atomic E-state index is -0.204. The molecule has 0 radical (unpaired) electrons. The number of hydrogen-bond donors (Lipinski definition) is 1. The summed E-state index contributed by atoms with van der Waals surface area (Å²) in [6, 6.07) is 14.5. The zero-order valence-corrected chi connectivity index (χ0v) is 16.7. The second-order valence-corrected chi connectivity index (χ2v) is 7.41. The van der Waals surface area contributed by atoms with Crippen LogP contribution in [0, 0.1) is 0 Å². The molecule has 1 N–H and O–H groups in total. The molecular formula is C20H20ClN3O2S. The predicted molar refractivity (Wildman–Crippen MR) is 110 cm³/mol. The molecule has 3 rings (SSSR count). The lowest BCUT2D eigenvalue weighted by Gasteiger charge is -2.16. The average molecular weight is 402 g/mol. The number of carbonyl (C=O) groups excluding carboxylic acids is 1. The standard InChI is InChI=1S/C20H20ClN3O2S/c1-3-24-19(26)15-9-5-7-11-17(15)23-20(24)27-12-18(25)22-13(2)14-8-4-6-10-16(14)21/h4-11,13H,3,12H2,1-2H3,(H,22,25). The Morgan fingerprint density at radius 3 is 2.67 bits per heavy atom. The Labute approximate surface area is 166 Å². The van der Waals surface area contributed by atoms with Crippen molar-refractivity contribution in [3.63, 3.8) is 0 Å². The maximum absolute atomic E-state index is 12.6. The molecule has 1 atom stereocenters. The smallest absolute Gasteiger partial charge is 0.262 e. The lowest BCUT2D eigenvalue weighted by molar-refractivity contribution is -0.119. The van der Waals surface area contributed by atoms with Gasteiger partial charge in [-0.15, -0.1) is 0 Å². The third kappa shape index (κ3) is 4.34. The molecule has 0 bridgehead atoms. The molecule has 0 aliphatic heterocycles. The highest BCUT2D eigenvalue weighted by Gasteiger charge is 2.15. The monoisotopic (exact) mass is 401 g/mol. The van der Waals surface area contributed by atoms with E-state index in [1.165, 1.54) is 11.8 Å². The highest BCUT2D eigenvalue weighted by molar-refractivity contribution is 7.99. The zero-order chi connectivity index (χ0) is 19.4. The van der Waals surface area contributed by atoms with E-state index in [0.29, 0.717) is 27.6 Å². The fourth-order valence-electron chi connectivity index (χ4n) is 2.85. The maximum Gasteiger partial charge on any atom is 0.262 e. The van der Waals surface area contributed by atoms with Crippen LogP contribution in [0.5, 0.6) is 0 Å². The topological polar surface area (TPSA) is 64.0 Å². The molecule has 0 aliphatic carbocycles. The van der Waals surface area contributed by atoms with Gasteiger partial charge >= 0.3 is 0 Å². The second kappa shape index (κ2) is 8.59. The van der Waals surface area contributed by atoms with Crippen LogP contribution in [0.3, 0.4) is 0 Å². The Bertz CT molecular complexity index is 1040. The number of rotatable bonds is 6. The quantitative estimate of drug-likeness (QED) is 0.500. The number of fused-ring (bicyclic) bond motifs is 1. The van der Waals surface area contributed by atoms with E-state index in [2.05, 4.69) is 10.3 Å². The van der Waals surface area contributed by atoms with Gasteiger partial charge in [0.15, 0.2) is 5.16 Å². The van der Waals surface area contributed by atoms with Crippen molar-refractivity contribution < 1.29 is 4.79 Å². The lowest BCUT2D eigenvalue weighted by atomic mass is 10.1. The summed E-state index contributed by atoms with van der Waals surface area (Å²) >= 11 is 7.44. The summed E-state index contributed by atoms with van der Waals surface area (Å²) in [7, 11) is 0. The summed E-state index contributed by atoms with van der Waals surface area (Å²) in [5.74, 6) is 0.0250. The zero-order valence-electron chi connectivity index (χ0n) is 15.1. The van der Waals surface area contributed by atoms with Crippen LogP contribution in [0.1, 0.15) is 25.5 Å². The van der Waals surface area contributed by atoms with Gasteiger partial charge in [0, 0.05) is 11.6 Å². The molecular weight excluding hydrogens is 382 g/mol. The SMILES string of the molecule is CCn1c(SCC(=O)NC(C)c2ccccc2Cl)nc2ccccc2c1=O. The average Bonchev–Trinajstić information content (AvgIpc) is 2.67. The van der Waals surface area contributed by atoms with Gasteiger partial charge in [-0.3, -0.25) is 14.2 Å². The van der Waals surface area contributed by atoms with E-state index in [4.69, 9.17) is 11.6 Å². The lowest BCUT2D eigenvalue weighted by Crippen LogP contribution is -2.29. The van der Waals surface area contributed by atoms with E-state index < -0.39 is 0 Å². The van der Waals surface area contributed by atoms with Crippen LogP contribution in [0.15, 0.2) is 58.5 Å². The highest BCUT2D eigenvalue weighted by atomic mass is 35.5. The number of para-hydroxylation sites is 1. The molecule has 5 nitrogen and oxygen atoms in total. The molecule has 7 heteroatoms. The molecule has 1 unspecified atom stereocenters. The van der Waals surface area contributed by atoms with E-state index >= 15 is 0 Å². The van der Waals surface area contributed by atoms with Gasteiger partial charge in [0.25, 0.3) is 5.56 Å². The van der Waals surface area contributed by atoms with E-state index in [9.17, 15) is 9.59 Å². The number of amides is 1. The fourth-order valence-corrected chi connectivity index (χ4v) is 4.03. The van der Waals surface area contributed by atoms with Gasteiger partial charge in [-0.1, -0.05) is 53.7 Å². The van der Waals surface area contributed by atoms with Gasteiger partial charge in [-0.05, 0) is 37.6 Å². The van der Waals surface area contributed by atoms with E-state index in [1.807, 2.05) is 44.2 Å². The first-order valence-electron chi connectivity index (χ1n) is 8.67. The molecule has 1 aromatic heterocycles. The van der Waals surface area contributed by atoms with Gasteiger partial charge in [-0.25, -0.2) is 4.98 Å². The number of hydrogen-bond acceptors (Lipinski definition) is 4. The molecule has 1 heterocycles. The Morgan fingerprint density at radius 2 is 1.93 bits per heavy atom. The number of nitrogens with one attached hydrogen (secondary N) is 1. The molecule has 0 aliphatic rings. The Balaban J connectivity index is 1.74. The summed E-state index contributed by atoms with van der Waals surface area (Å²) in [5.41, 5.74) is 1.42. The van der Waals surface area contributed by atoms with Crippen LogP contribution in [-0.2, 0) is 11.3 Å². The Kier molecular flexibility index (Phi) is 6.19. The maximum atomic E-state index is 12.6. The second-order valence-electron chi connectivity index (χ2n) is 6.06. The third-order valence-electron chi connectivity index (χ3n) is 4.22. The van der Waals surface area contributed by atoms with Crippen molar-refractivity contribution in [2.24, 2.45) is 0 Å². The summed E-state index contributed by atoms with van der Waals surface area (Å²) in [5, 5.41) is 4.68. The first kappa shape index (κ1) is 19.5. The molecule has 140 valence electrons. The number of carbonyl (C=O) groups is 1. The van der Waals surface area contributed by atoms with Crippen molar-refractivity contribution in [1.82, 2.24) is 14.9 Å². The van der Waals surface area contributed by atoms with Crippen molar-refractivity contribution in [1.29, 1.82) is 0 Å². The molecule has 27 heavy (non-hydrogen) atoms. The van der Waals surface area contributed by atoms with Crippen LogP contribution < -0.4 is 10.9 Å². The van der Waals surface area contributed by atoms with Crippen LogP contribution in [0.2, 0.25) is 5.02 Å². The normalized spacial score (nSPS) is 12.1. The van der Waals surface area contributed by atoms with Crippen molar-refractivity contribution in [3.8, 4) is 0 Å². The van der Waals surface area contributed by atoms with Gasteiger partial charge in [0.05, 0.1) is 22.7 Å². The number of thioether (sulfide) groups is 1. The molecule has 3 aromatic rings. The summed E-state index contributed by atoms with van der Waals surface area (Å²) in [6.45, 7) is 4.28. The van der Waals surface area contributed by atoms with Crippen molar-refractivity contribution in [2.45, 2.75) is 31.6 Å². The fraction of sp³-hybridized carbons (Fsp3) is 0.250. The van der Waals surface area contributed by atoms with Gasteiger partial charge in [-0.2, -0.15) is 0 Å². The molecule has 0 saturated carbocycles. The summed E-state index contributed by atoms with van der Waals surface area (Å²) < 4.78 is 1.60. The Morgan fingerprint density at radius 1 is 1.22 bits per heavy atom. The number of halogens is 1. The van der Waals surface area contributed by atoms with Crippen LogP contribution in [0.25, 0.3) is 10.9 Å². The largest absolute Gasteiger partial charge is 0.349 e. The van der Waals surface area contributed by atoms with E-state index in [-0.39, 0.29) is 23.3 Å². The van der Waals surface area contributed by atoms with E-state index in [0.717, 1.165) is 5.56 Å².